The Hall–Kier alpha value is -2.09. The molecule has 2 aromatic carbocycles. The van der Waals surface area contributed by atoms with Crippen molar-refractivity contribution in [3.63, 3.8) is 0 Å². The summed E-state index contributed by atoms with van der Waals surface area (Å²) in [6, 6.07) is 18.0. The van der Waals surface area contributed by atoms with Gasteiger partial charge in [0.25, 0.3) is 0 Å². The van der Waals surface area contributed by atoms with E-state index in [0.717, 1.165) is 16.7 Å². The number of hydrogen-bond donors (Lipinski definition) is 1. The normalized spacial score (nSPS) is 11.2. The standard InChI is InChI=1S/C18H21NO/c1-14-9-7-8-10-15(14)13-17(20)19-18(2,3)16-11-5-4-6-12-16/h4-12H,13H2,1-3H3,(H,19,20). The minimum absolute atomic E-state index is 0.0492. The Kier molecular flexibility index (Phi) is 4.23. The summed E-state index contributed by atoms with van der Waals surface area (Å²) in [5, 5.41) is 3.11. The van der Waals surface area contributed by atoms with Gasteiger partial charge in [-0.1, -0.05) is 54.6 Å². The Morgan fingerprint density at radius 2 is 1.60 bits per heavy atom. The van der Waals surface area contributed by atoms with E-state index in [0.29, 0.717) is 6.42 Å². The van der Waals surface area contributed by atoms with Gasteiger partial charge in [0, 0.05) is 0 Å². The van der Waals surface area contributed by atoms with Crippen molar-refractivity contribution < 1.29 is 4.79 Å². The molecule has 0 bridgehead atoms. The van der Waals surface area contributed by atoms with E-state index < -0.39 is 0 Å². The van der Waals surface area contributed by atoms with Crippen LogP contribution in [0.3, 0.4) is 0 Å². The molecule has 0 heterocycles. The third-order valence-corrected chi connectivity index (χ3v) is 3.56. The van der Waals surface area contributed by atoms with Crippen molar-refractivity contribution in [2.45, 2.75) is 32.7 Å². The van der Waals surface area contributed by atoms with Crippen LogP contribution in [0.15, 0.2) is 54.6 Å². The quantitative estimate of drug-likeness (QED) is 0.901. The van der Waals surface area contributed by atoms with E-state index in [2.05, 4.69) is 5.32 Å². The lowest BCUT2D eigenvalue weighted by atomic mass is 9.94. The van der Waals surface area contributed by atoms with Crippen molar-refractivity contribution >= 4 is 5.91 Å². The molecule has 0 spiro atoms. The highest BCUT2D eigenvalue weighted by atomic mass is 16.1. The van der Waals surface area contributed by atoms with E-state index in [-0.39, 0.29) is 11.4 Å². The van der Waals surface area contributed by atoms with Crippen LogP contribution in [-0.4, -0.2) is 5.91 Å². The van der Waals surface area contributed by atoms with Gasteiger partial charge in [0.15, 0.2) is 0 Å². The molecule has 0 aliphatic carbocycles. The maximum Gasteiger partial charge on any atom is 0.225 e. The summed E-state index contributed by atoms with van der Waals surface area (Å²) >= 11 is 0. The fourth-order valence-electron chi connectivity index (χ4n) is 2.30. The molecule has 104 valence electrons. The molecule has 2 heteroatoms. The summed E-state index contributed by atoms with van der Waals surface area (Å²) in [4.78, 5) is 12.2. The first-order valence-corrected chi connectivity index (χ1v) is 6.90. The predicted octanol–water partition coefficient (Wildman–Crippen LogP) is 3.59. The van der Waals surface area contributed by atoms with Gasteiger partial charge >= 0.3 is 0 Å². The highest BCUT2D eigenvalue weighted by molar-refractivity contribution is 5.79. The Bertz CT molecular complexity index is 587. The van der Waals surface area contributed by atoms with Gasteiger partial charge in [-0.3, -0.25) is 4.79 Å². The molecule has 0 aliphatic rings. The van der Waals surface area contributed by atoms with Gasteiger partial charge < -0.3 is 5.32 Å². The van der Waals surface area contributed by atoms with Crippen molar-refractivity contribution in [3.8, 4) is 0 Å². The first kappa shape index (κ1) is 14.3. The second-order valence-electron chi connectivity index (χ2n) is 5.64. The monoisotopic (exact) mass is 267 g/mol. The second kappa shape index (κ2) is 5.91. The number of carbonyl (C=O) groups is 1. The van der Waals surface area contributed by atoms with Crippen LogP contribution in [0.2, 0.25) is 0 Å². The zero-order valence-electron chi connectivity index (χ0n) is 12.3. The minimum atomic E-state index is -0.360. The molecule has 0 atom stereocenters. The lowest BCUT2D eigenvalue weighted by molar-refractivity contribution is -0.122. The topological polar surface area (TPSA) is 29.1 Å². The SMILES string of the molecule is Cc1ccccc1CC(=O)NC(C)(C)c1ccccc1. The van der Waals surface area contributed by atoms with E-state index in [9.17, 15) is 4.79 Å². The highest BCUT2D eigenvalue weighted by Crippen LogP contribution is 2.19. The van der Waals surface area contributed by atoms with Gasteiger partial charge in [-0.25, -0.2) is 0 Å². The van der Waals surface area contributed by atoms with Crippen LogP contribution in [0.1, 0.15) is 30.5 Å². The van der Waals surface area contributed by atoms with Crippen LogP contribution >= 0.6 is 0 Å². The van der Waals surface area contributed by atoms with Gasteiger partial charge in [-0.05, 0) is 37.5 Å². The van der Waals surface area contributed by atoms with Gasteiger partial charge in [0.2, 0.25) is 5.91 Å². The summed E-state index contributed by atoms with van der Waals surface area (Å²) in [5.74, 6) is 0.0492. The van der Waals surface area contributed by atoms with Crippen molar-refractivity contribution in [1.82, 2.24) is 5.32 Å². The number of rotatable bonds is 4. The first-order chi connectivity index (χ1) is 9.49. The summed E-state index contributed by atoms with van der Waals surface area (Å²) in [5.41, 5.74) is 2.98. The third kappa shape index (κ3) is 3.47. The summed E-state index contributed by atoms with van der Waals surface area (Å²) in [6.45, 7) is 6.08. The lowest BCUT2D eigenvalue weighted by Crippen LogP contribution is -2.41. The number of amides is 1. The Morgan fingerprint density at radius 3 is 2.25 bits per heavy atom. The van der Waals surface area contributed by atoms with Crippen molar-refractivity contribution in [3.05, 3.63) is 71.3 Å². The molecule has 0 unspecified atom stereocenters. The van der Waals surface area contributed by atoms with Crippen LogP contribution in [0, 0.1) is 6.92 Å². The molecule has 0 aromatic heterocycles. The van der Waals surface area contributed by atoms with E-state index in [1.165, 1.54) is 0 Å². The Morgan fingerprint density at radius 1 is 1.00 bits per heavy atom. The van der Waals surface area contributed by atoms with Crippen LogP contribution in [-0.2, 0) is 16.8 Å². The molecule has 0 fully saturated rings. The van der Waals surface area contributed by atoms with Gasteiger partial charge in [0.1, 0.15) is 0 Å². The lowest BCUT2D eigenvalue weighted by Gasteiger charge is -2.27. The molecule has 0 radical (unpaired) electrons. The maximum absolute atomic E-state index is 12.2. The molecule has 20 heavy (non-hydrogen) atoms. The molecular weight excluding hydrogens is 246 g/mol. The fraction of sp³-hybridized carbons (Fsp3) is 0.278. The van der Waals surface area contributed by atoms with Gasteiger partial charge in [0.05, 0.1) is 12.0 Å². The molecule has 1 N–H and O–H groups in total. The molecule has 0 saturated heterocycles. The summed E-state index contributed by atoms with van der Waals surface area (Å²) in [7, 11) is 0. The van der Waals surface area contributed by atoms with Crippen molar-refractivity contribution in [2.24, 2.45) is 0 Å². The second-order valence-corrected chi connectivity index (χ2v) is 5.64. The average molecular weight is 267 g/mol. The van der Waals surface area contributed by atoms with Crippen LogP contribution in [0.4, 0.5) is 0 Å². The minimum Gasteiger partial charge on any atom is -0.347 e. The fourth-order valence-corrected chi connectivity index (χ4v) is 2.30. The molecule has 2 nitrogen and oxygen atoms in total. The van der Waals surface area contributed by atoms with E-state index >= 15 is 0 Å². The number of nitrogens with one attached hydrogen (secondary N) is 1. The number of carbonyl (C=O) groups excluding carboxylic acids is 1. The maximum atomic E-state index is 12.2. The van der Waals surface area contributed by atoms with Crippen LogP contribution < -0.4 is 5.32 Å². The molecule has 0 aliphatic heterocycles. The van der Waals surface area contributed by atoms with E-state index in [1.807, 2.05) is 75.4 Å². The number of hydrogen-bond acceptors (Lipinski definition) is 1. The van der Waals surface area contributed by atoms with Gasteiger partial charge in [-0.2, -0.15) is 0 Å². The smallest absolute Gasteiger partial charge is 0.225 e. The van der Waals surface area contributed by atoms with E-state index in [1.54, 1.807) is 0 Å². The zero-order valence-corrected chi connectivity index (χ0v) is 12.3. The Balaban J connectivity index is 2.07. The van der Waals surface area contributed by atoms with Gasteiger partial charge in [-0.15, -0.1) is 0 Å². The van der Waals surface area contributed by atoms with Crippen LogP contribution in [0.5, 0.6) is 0 Å². The Labute approximate surface area is 120 Å². The largest absolute Gasteiger partial charge is 0.347 e. The summed E-state index contributed by atoms with van der Waals surface area (Å²) in [6.07, 6.45) is 0.420. The third-order valence-electron chi connectivity index (χ3n) is 3.56. The number of aryl methyl sites for hydroxylation is 1. The van der Waals surface area contributed by atoms with E-state index in [4.69, 9.17) is 0 Å². The zero-order chi connectivity index (χ0) is 14.6. The van der Waals surface area contributed by atoms with Crippen LogP contribution in [0.25, 0.3) is 0 Å². The molecule has 2 rings (SSSR count). The molecule has 2 aromatic rings. The molecule has 1 amide bonds. The number of benzene rings is 2. The average Bonchev–Trinajstić information content (AvgIpc) is 2.42. The predicted molar refractivity (Wildman–Crippen MR) is 82.5 cm³/mol. The van der Waals surface area contributed by atoms with Crippen molar-refractivity contribution in [2.75, 3.05) is 0 Å². The first-order valence-electron chi connectivity index (χ1n) is 6.90. The highest BCUT2D eigenvalue weighted by Gasteiger charge is 2.22. The molecule has 0 saturated carbocycles. The van der Waals surface area contributed by atoms with Crippen molar-refractivity contribution in [1.29, 1.82) is 0 Å². The summed E-state index contributed by atoms with van der Waals surface area (Å²) < 4.78 is 0. The molecular formula is C18H21NO.